The highest BCUT2D eigenvalue weighted by atomic mass is 16.5. The van der Waals surface area contributed by atoms with Crippen LogP contribution in [0.1, 0.15) is 55.8 Å². The maximum Gasteiger partial charge on any atom is 0.308 e. The summed E-state index contributed by atoms with van der Waals surface area (Å²) in [5.74, 6) is 0.119. The van der Waals surface area contributed by atoms with E-state index in [2.05, 4.69) is 10.6 Å². The summed E-state index contributed by atoms with van der Waals surface area (Å²) in [7, 11) is 0. The van der Waals surface area contributed by atoms with Gasteiger partial charge in [0, 0.05) is 25.6 Å². The zero-order chi connectivity index (χ0) is 19.5. The number of ether oxygens (including phenoxy) is 1. The quantitative estimate of drug-likeness (QED) is 0.318. The van der Waals surface area contributed by atoms with Gasteiger partial charge in [-0.05, 0) is 49.5 Å². The zero-order valence-corrected chi connectivity index (χ0v) is 15.8. The Hall–Kier alpha value is -2.63. The molecule has 2 N–H and O–H groups in total. The summed E-state index contributed by atoms with van der Waals surface area (Å²) in [4.78, 5) is 34.9. The van der Waals surface area contributed by atoms with Gasteiger partial charge in [-0.2, -0.15) is 0 Å². The molecule has 1 aromatic carbocycles. The van der Waals surface area contributed by atoms with E-state index in [-0.39, 0.29) is 11.8 Å². The Morgan fingerprint density at radius 3 is 2.59 bits per heavy atom. The molecule has 1 aromatic rings. The molecule has 0 saturated heterocycles. The first-order valence-electron chi connectivity index (χ1n) is 9.57. The molecule has 0 aliphatic heterocycles. The Morgan fingerprint density at radius 2 is 1.85 bits per heavy atom. The van der Waals surface area contributed by atoms with Crippen LogP contribution in [0.25, 0.3) is 0 Å². The highest BCUT2D eigenvalue weighted by molar-refractivity contribution is 5.94. The van der Waals surface area contributed by atoms with Crippen LogP contribution in [0.2, 0.25) is 0 Å². The lowest BCUT2D eigenvalue weighted by Crippen LogP contribution is -2.29. The van der Waals surface area contributed by atoms with Crippen molar-refractivity contribution >= 4 is 17.8 Å². The molecule has 0 heterocycles. The molecule has 2 rings (SSSR count). The van der Waals surface area contributed by atoms with E-state index in [1.165, 1.54) is 45.1 Å². The number of allylic oxidation sites excluding steroid dienone is 1. The number of hydrogen-bond donors (Lipinski definition) is 2. The molecular weight excluding hydrogens is 344 g/mol. The molecule has 0 aromatic heterocycles. The van der Waals surface area contributed by atoms with Crippen LogP contribution in [-0.2, 0) is 9.59 Å². The number of esters is 1. The number of rotatable bonds is 8. The molecule has 1 fully saturated rings. The van der Waals surface area contributed by atoms with Gasteiger partial charge < -0.3 is 15.4 Å². The predicted molar refractivity (Wildman–Crippen MR) is 103 cm³/mol. The van der Waals surface area contributed by atoms with Crippen molar-refractivity contribution in [3.63, 3.8) is 0 Å². The van der Waals surface area contributed by atoms with Gasteiger partial charge in [0.1, 0.15) is 5.75 Å². The van der Waals surface area contributed by atoms with Gasteiger partial charge in [-0.1, -0.05) is 31.4 Å². The van der Waals surface area contributed by atoms with Crippen molar-refractivity contribution < 1.29 is 19.1 Å². The first-order valence-corrected chi connectivity index (χ1v) is 9.57. The minimum atomic E-state index is -0.430. The summed E-state index contributed by atoms with van der Waals surface area (Å²) in [6.07, 6.45) is 10.4. The van der Waals surface area contributed by atoms with E-state index in [9.17, 15) is 14.4 Å². The van der Waals surface area contributed by atoms with Crippen molar-refractivity contribution in [1.82, 2.24) is 10.6 Å². The SMILES string of the molecule is CC(=O)Oc1cccc(C(=O)NCCCNC(=O)/C=C/C2CCCCC2)c1. The molecule has 6 heteroatoms. The van der Waals surface area contributed by atoms with Gasteiger partial charge in [-0.3, -0.25) is 14.4 Å². The van der Waals surface area contributed by atoms with E-state index >= 15 is 0 Å². The fraction of sp³-hybridized carbons (Fsp3) is 0.476. The first-order chi connectivity index (χ1) is 13.0. The topological polar surface area (TPSA) is 84.5 Å². The maximum absolute atomic E-state index is 12.1. The second-order valence-corrected chi connectivity index (χ2v) is 6.78. The molecule has 0 spiro atoms. The van der Waals surface area contributed by atoms with Crippen LogP contribution >= 0.6 is 0 Å². The van der Waals surface area contributed by atoms with Gasteiger partial charge >= 0.3 is 5.97 Å². The van der Waals surface area contributed by atoms with Crippen LogP contribution in [0.15, 0.2) is 36.4 Å². The predicted octanol–water partition coefficient (Wildman–Crippen LogP) is 2.98. The van der Waals surface area contributed by atoms with Crippen LogP contribution in [0.3, 0.4) is 0 Å². The fourth-order valence-electron chi connectivity index (χ4n) is 3.08. The molecule has 0 radical (unpaired) electrons. The van der Waals surface area contributed by atoms with Crippen molar-refractivity contribution in [1.29, 1.82) is 0 Å². The van der Waals surface area contributed by atoms with Crippen molar-refractivity contribution in [2.24, 2.45) is 5.92 Å². The summed E-state index contributed by atoms with van der Waals surface area (Å²) in [5, 5.41) is 5.62. The normalized spacial score (nSPS) is 14.7. The summed E-state index contributed by atoms with van der Waals surface area (Å²) < 4.78 is 4.97. The van der Waals surface area contributed by atoms with E-state index in [1.807, 2.05) is 6.08 Å². The molecule has 27 heavy (non-hydrogen) atoms. The number of nitrogens with one attached hydrogen (secondary N) is 2. The molecule has 0 atom stereocenters. The summed E-state index contributed by atoms with van der Waals surface area (Å²) in [6.45, 7) is 2.26. The molecular formula is C21H28N2O4. The molecule has 6 nitrogen and oxygen atoms in total. The van der Waals surface area contributed by atoms with Gasteiger partial charge in [0.15, 0.2) is 0 Å². The minimum absolute atomic E-state index is 0.0824. The second-order valence-electron chi connectivity index (χ2n) is 6.78. The third kappa shape index (κ3) is 8.07. The van der Waals surface area contributed by atoms with Gasteiger partial charge in [0.05, 0.1) is 0 Å². The summed E-state index contributed by atoms with van der Waals surface area (Å²) in [5.41, 5.74) is 0.424. The van der Waals surface area contributed by atoms with Crippen LogP contribution in [0, 0.1) is 5.92 Å². The molecule has 146 valence electrons. The summed E-state index contributed by atoms with van der Waals surface area (Å²) >= 11 is 0. The molecule has 0 bridgehead atoms. The average molecular weight is 372 g/mol. The summed E-state index contributed by atoms with van der Waals surface area (Å²) in [6, 6.07) is 6.45. The Balaban J connectivity index is 1.63. The molecule has 1 aliphatic rings. The molecule has 0 unspecified atom stereocenters. The van der Waals surface area contributed by atoms with Crippen LogP contribution in [-0.4, -0.2) is 30.9 Å². The monoisotopic (exact) mass is 372 g/mol. The maximum atomic E-state index is 12.1. The Bertz CT molecular complexity index is 679. The number of amides is 2. The lowest BCUT2D eigenvalue weighted by molar-refractivity contribution is -0.131. The third-order valence-corrected chi connectivity index (χ3v) is 4.47. The fourth-order valence-corrected chi connectivity index (χ4v) is 3.08. The van der Waals surface area contributed by atoms with Crippen LogP contribution in [0.5, 0.6) is 5.75 Å². The van der Waals surface area contributed by atoms with E-state index in [0.29, 0.717) is 36.7 Å². The van der Waals surface area contributed by atoms with Gasteiger partial charge in [0.2, 0.25) is 5.91 Å². The van der Waals surface area contributed by atoms with E-state index < -0.39 is 5.97 Å². The molecule has 1 saturated carbocycles. The van der Waals surface area contributed by atoms with Gasteiger partial charge in [-0.25, -0.2) is 0 Å². The van der Waals surface area contributed by atoms with Gasteiger partial charge in [-0.15, -0.1) is 0 Å². The van der Waals surface area contributed by atoms with Crippen molar-refractivity contribution in [3.05, 3.63) is 42.0 Å². The lowest BCUT2D eigenvalue weighted by Gasteiger charge is -2.17. The van der Waals surface area contributed by atoms with E-state index in [1.54, 1.807) is 24.3 Å². The van der Waals surface area contributed by atoms with E-state index in [4.69, 9.17) is 4.74 Å². The standard InChI is InChI=1S/C21H28N2O4/c1-16(24)27-19-10-5-9-18(15-19)21(26)23-14-6-13-22-20(25)12-11-17-7-3-2-4-8-17/h5,9-12,15,17H,2-4,6-8,13-14H2,1H3,(H,22,25)(H,23,26)/b12-11+. The highest BCUT2D eigenvalue weighted by Gasteiger charge is 2.10. The van der Waals surface area contributed by atoms with Gasteiger partial charge in [0.25, 0.3) is 5.91 Å². The Labute approximate surface area is 160 Å². The number of benzene rings is 1. The largest absolute Gasteiger partial charge is 0.427 e. The Morgan fingerprint density at radius 1 is 1.11 bits per heavy atom. The van der Waals surface area contributed by atoms with Crippen LogP contribution in [0.4, 0.5) is 0 Å². The smallest absolute Gasteiger partial charge is 0.308 e. The number of carbonyl (C=O) groups is 3. The molecule has 2 amide bonds. The van der Waals surface area contributed by atoms with Crippen molar-refractivity contribution in [2.45, 2.75) is 45.4 Å². The van der Waals surface area contributed by atoms with Crippen LogP contribution < -0.4 is 15.4 Å². The number of carbonyl (C=O) groups excluding carboxylic acids is 3. The van der Waals surface area contributed by atoms with Crippen molar-refractivity contribution in [3.8, 4) is 5.75 Å². The average Bonchev–Trinajstić information content (AvgIpc) is 2.66. The highest BCUT2D eigenvalue weighted by Crippen LogP contribution is 2.24. The van der Waals surface area contributed by atoms with Crippen molar-refractivity contribution in [2.75, 3.05) is 13.1 Å². The minimum Gasteiger partial charge on any atom is -0.427 e. The molecule has 1 aliphatic carbocycles. The van der Waals surface area contributed by atoms with E-state index in [0.717, 1.165) is 0 Å². The second kappa shape index (κ2) is 11.2. The number of hydrogen-bond acceptors (Lipinski definition) is 4. The lowest BCUT2D eigenvalue weighted by atomic mass is 9.89. The first kappa shape index (κ1) is 20.7. The Kier molecular flexibility index (Phi) is 8.55. The third-order valence-electron chi connectivity index (χ3n) is 4.47. The zero-order valence-electron chi connectivity index (χ0n) is 15.8.